The molecule has 0 aliphatic heterocycles. The molecule has 0 spiro atoms. The Morgan fingerprint density at radius 3 is 2.87 bits per heavy atom. The number of phenols is 1. The highest BCUT2D eigenvalue weighted by atomic mass is 79.9. The van der Waals surface area contributed by atoms with E-state index in [4.69, 9.17) is 4.74 Å². The number of esters is 1. The molecule has 4 rings (SSSR count). The van der Waals surface area contributed by atoms with Crippen LogP contribution in [-0.4, -0.2) is 23.2 Å². The van der Waals surface area contributed by atoms with Gasteiger partial charge in [0.25, 0.3) is 0 Å². The third kappa shape index (κ3) is 2.15. The number of methoxy groups -OCH3 is 1. The maximum Gasteiger partial charge on any atom is 0.341 e. The van der Waals surface area contributed by atoms with E-state index in [9.17, 15) is 9.90 Å². The Morgan fingerprint density at radius 2 is 2.09 bits per heavy atom. The molecular formula is C18H14BrNO3. The maximum absolute atomic E-state index is 11.7. The third-order valence-corrected chi connectivity index (χ3v) is 4.90. The van der Waals surface area contributed by atoms with Gasteiger partial charge in [-0.15, -0.1) is 0 Å². The molecule has 3 aromatic rings. The van der Waals surface area contributed by atoms with Gasteiger partial charge in [-0.1, -0.05) is 15.9 Å². The van der Waals surface area contributed by atoms with E-state index in [0.717, 1.165) is 39.7 Å². The topological polar surface area (TPSA) is 62.3 Å². The van der Waals surface area contributed by atoms with Crippen molar-refractivity contribution >= 4 is 32.8 Å². The molecule has 0 unspecified atom stereocenters. The first-order valence-electron chi connectivity index (χ1n) is 7.33. The van der Waals surface area contributed by atoms with Crippen molar-refractivity contribution in [2.75, 3.05) is 7.11 Å². The predicted molar refractivity (Wildman–Crippen MR) is 91.8 cm³/mol. The quantitative estimate of drug-likeness (QED) is 0.630. The molecule has 2 aromatic carbocycles. The Kier molecular flexibility index (Phi) is 3.20. The monoisotopic (exact) mass is 371 g/mol. The zero-order chi connectivity index (χ0) is 16.1. The Hall–Kier alpha value is -2.27. The lowest BCUT2D eigenvalue weighted by molar-refractivity contribution is 0.0597. The molecule has 0 bridgehead atoms. The van der Waals surface area contributed by atoms with E-state index in [-0.39, 0.29) is 11.3 Å². The van der Waals surface area contributed by atoms with E-state index < -0.39 is 5.97 Å². The second-order valence-electron chi connectivity index (χ2n) is 5.69. The van der Waals surface area contributed by atoms with Gasteiger partial charge >= 0.3 is 5.97 Å². The first kappa shape index (κ1) is 14.3. The number of aromatic nitrogens is 1. The zero-order valence-corrected chi connectivity index (χ0v) is 14.0. The van der Waals surface area contributed by atoms with Crippen LogP contribution in [0.4, 0.5) is 0 Å². The highest BCUT2D eigenvalue weighted by Crippen LogP contribution is 2.40. The molecule has 23 heavy (non-hydrogen) atoms. The van der Waals surface area contributed by atoms with Crippen molar-refractivity contribution in [3.8, 4) is 17.0 Å². The van der Waals surface area contributed by atoms with Crippen molar-refractivity contribution in [3.05, 3.63) is 51.5 Å². The predicted octanol–water partition coefficient (Wildman–Crippen LogP) is 4.19. The van der Waals surface area contributed by atoms with Gasteiger partial charge in [0.05, 0.1) is 12.8 Å². The summed E-state index contributed by atoms with van der Waals surface area (Å²) in [4.78, 5) is 15.2. The molecule has 1 aliphatic carbocycles. The van der Waals surface area contributed by atoms with Gasteiger partial charge in [-0.05, 0) is 54.3 Å². The average molecular weight is 372 g/mol. The van der Waals surface area contributed by atoms with Gasteiger partial charge in [0.15, 0.2) is 0 Å². The zero-order valence-electron chi connectivity index (χ0n) is 12.4. The van der Waals surface area contributed by atoms with Gasteiger partial charge in [-0.25, -0.2) is 4.79 Å². The Morgan fingerprint density at radius 1 is 1.26 bits per heavy atom. The van der Waals surface area contributed by atoms with Crippen LogP contribution in [0.25, 0.3) is 22.2 Å². The number of hydrogen-bond acceptors (Lipinski definition) is 3. The lowest BCUT2D eigenvalue weighted by Gasteiger charge is -2.18. The molecule has 0 amide bonds. The molecule has 5 heteroatoms. The third-order valence-electron chi connectivity index (χ3n) is 4.41. The van der Waals surface area contributed by atoms with Crippen LogP contribution >= 0.6 is 15.9 Å². The van der Waals surface area contributed by atoms with Crippen molar-refractivity contribution in [2.45, 2.75) is 12.8 Å². The number of benzene rings is 2. The number of aryl methyl sites for hydroxylation is 2. The van der Waals surface area contributed by atoms with Crippen LogP contribution in [0.5, 0.6) is 5.75 Å². The number of H-pyrrole nitrogens is 1. The van der Waals surface area contributed by atoms with Crippen LogP contribution in [0.1, 0.15) is 21.5 Å². The molecule has 0 saturated heterocycles. The van der Waals surface area contributed by atoms with E-state index >= 15 is 0 Å². The highest BCUT2D eigenvalue weighted by molar-refractivity contribution is 9.10. The first-order valence-corrected chi connectivity index (χ1v) is 8.12. The van der Waals surface area contributed by atoms with Gasteiger partial charge in [-0.3, -0.25) is 0 Å². The minimum atomic E-state index is -0.517. The van der Waals surface area contributed by atoms with Gasteiger partial charge in [0.1, 0.15) is 11.3 Å². The number of aromatic amines is 1. The molecule has 1 aliphatic rings. The molecule has 1 heterocycles. The fourth-order valence-corrected chi connectivity index (χ4v) is 3.68. The summed E-state index contributed by atoms with van der Waals surface area (Å²) in [6, 6.07) is 9.55. The van der Waals surface area contributed by atoms with Crippen LogP contribution in [0.2, 0.25) is 0 Å². The molecule has 0 fully saturated rings. The highest BCUT2D eigenvalue weighted by Gasteiger charge is 2.24. The fraction of sp³-hybridized carbons (Fsp3) is 0.167. The van der Waals surface area contributed by atoms with Crippen LogP contribution in [-0.2, 0) is 17.6 Å². The molecular weight excluding hydrogens is 358 g/mol. The summed E-state index contributed by atoms with van der Waals surface area (Å²) in [5.74, 6) is -0.569. The second kappa shape index (κ2) is 5.13. The summed E-state index contributed by atoms with van der Waals surface area (Å²) >= 11 is 3.52. The minimum Gasteiger partial charge on any atom is -0.507 e. The second-order valence-corrected chi connectivity index (χ2v) is 6.60. The summed E-state index contributed by atoms with van der Waals surface area (Å²) < 4.78 is 5.77. The summed E-state index contributed by atoms with van der Waals surface area (Å²) in [7, 11) is 1.31. The number of nitrogens with one attached hydrogen (secondary N) is 1. The lowest BCUT2D eigenvalue weighted by Crippen LogP contribution is -2.07. The van der Waals surface area contributed by atoms with E-state index in [0.29, 0.717) is 0 Å². The smallest absolute Gasteiger partial charge is 0.341 e. The van der Waals surface area contributed by atoms with E-state index in [1.54, 1.807) is 12.1 Å². The van der Waals surface area contributed by atoms with Crippen LogP contribution in [0.3, 0.4) is 0 Å². The Labute approximate surface area is 141 Å². The molecule has 2 N–H and O–H groups in total. The molecule has 4 nitrogen and oxygen atoms in total. The fourth-order valence-electron chi connectivity index (χ4n) is 3.32. The SMILES string of the molecule is COC(=O)c1cc2c(cc1O)-c1[nH]c3ccc(Br)cc3c1CC2. The van der Waals surface area contributed by atoms with Gasteiger partial charge in [-0.2, -0.15) is 0 Å². The van der Waals surface area contributed by atoms with Crippen molar-refractivity contribution in [2.24, 2.45) is 0 Å². The summed E-state index contributed by atoms with van der Waals surface area (Å²) in [6.45, 7) is 0. The number of aromatic hydroxyl groups is 1. The largest absolute Gasteiger partial charge is 0.507 e. The molecule has 0 atom stereocenters. The van der Waals surface area contributed by atoms with Crippen molar-refractivity contribution in [1.82, 2.24) is 4.98 Å². The van der Waals surface area contributed by atoms with E-state index in [1.807, 2.05) is 12.1 Å². The molecule has 0 radical (unpaired) electrons. The van der Waals surface area contributed by atoms with Crippen LogP contribution < -0.4 is 0 Å². The lowest BCUT2D eigenvalue weighted by atomic mass is 9.87. The normalized spacial score (nSPS) is 12.8. The molecule has 0 saturated carbocycles. The number of carbonyl (C=O) groups is 1. The standard InChI is InChI=1S/C18H14BrNO3/c1-23-18(22)14-6-9-2-4-11-13-7-10(19)3-5-15(13)20-17(11)12(9)8-16(14)21/h3,5-8,20-21H,2,4H2,1H3. The number of carbonyl (C=O) groups excluding carboxylic acids is 1. The van der Waals surface area contributed by atoms with Gasteiger partial charge in [0, 0.05) is 20.9 Å². The number of rotatable bonds is 1. The first-order chi connectivity index (χ1) is 11.1. The van der Waals surface area contributed by atoms with Crippen molar-refractivity contribution < 1.29 is 14.6 Å². The van der Waals surface area contributed by atoms with Gasteiger partial charge in [0.2, 0.25) is 0 Å². The average Bonchev–Trinajstić information content (AvgIpc) is 2.92. The van der Waals surface area contributed by atoms with Crippen LogP contribution in [0, 0.1) is 0 Å². The number of fused-ring (bicyclic) bond motifs is 5. The number of halogens is 1. The number of hydrogen-bond donors (Lipinski definition) is 2. The van der Waals surface area contributed by atoms with Crippen molar-refractivity contribution in [3.63, 3.8) is 0 Å². The van der Waals surface area contributed by atoms with Crippen molar-refractivity contribution in [1.29, 1.82) is 0 Å². The summed E-state index contributed by atoms with van der Waals surface area (Å²) in [5.41, 5.74) is 5.55. The summed E-state index contributed by atoms with van der Waals surface area (Å²) in [5, 5.41) is 11.4. The Bertz CT molecular complexity index is 959. The molecule has 116 valence electrons. The summed E-state index contributed by atoms with van der Waals surface area (Å²) in [6.07, 6.45) is 1.72. The minimum absolute atomic E-state index is 0.0525. The van der Waals surface area contributed by atoms with E-state index in [1.165, 1.54) is 18.1 Å². The Balaban J connectivity index is 1.95. The number of ether oxygens (including phenoxy) is 1. The number of phenolic OH excluding ortho intramolecular Hbond substituents is 1. The molecule has 1 aromatic heterocycles. The van der Waals surface area contributed by atoms with Crippen LogP contribution in [0.15, 0.2) is 34.8 Å². The van der Waals surface area contributed by atoms with Gasteiger partial charge < -0.3 is 14.8 Å². The van der Waals surface area contributed by atoms with E-state index in [2.05, 4.69) is 27.0 Å². The maximum atomic E-state index is 11.7.